The highest BCUT2D eigenvalue weighted by Crippen LogP contribution is 2.37. The van der Waals surface area contributed by atoms with Crippen LogP contribution in [0.1, 0.15) is 96.3 Å². The highest BCUT2D eigenvalue weighted by molar-refractivity contribution is 6.07. The molecule has 0 atom stereocenters. The van der Waals surface area contributed by atoms with E-state index in [2.05, 4.69) is 11.4 Å². The molecule has 0 bridgehead atoms. The van der Waals surface area contributed by atoms with Crippen molar-refractivity contribution >= 4 is 23.5 Å². The van der Waals surface area contributed by atoms with Gasteiger partial charge in [-0.15, -0.1) is 0 Å². The Morgan fingerprint density at radius 2 is 1.88 bits per heavy atom. The molecule has 10 nitrogen and oxygen atoms in total. The van der Waals surface area contributed by atoms with Crippen LogP contribution in [0.3, 0.4) is 0 Å². The second-order valence-corrected chi connectivity index (χ2v) is 11.3. The van der Waals surface area contributed by atoms with E-state index < -0.39 is 5.97 Å². The topological polar surface area (TPSA) is 153 Å². The van der Waals surface area contributed by atoms with Crippen molar-refractivity contribution in [1.82, 2.24) is 10.2 Å². The third kappa shape index (κ3) is 7.66. The van der Waals surface area contributed by atoms with E-state index in [0.29, 0.717) is 67.2 Å². The van der Waals surface area contributed by atoms with Crippen LogP contribution in [0.2, 0.25) is 0 Å². The fourth-order valence-corrected chi connectivity index (χ4v) is 4.92. The van der Waals surface area contributed by atoms with Crippen molar-refractivity contribution in [3.8, 4) is 17.6 Å². The zero-order valence-corrected chi connectivity index (χ0v) is 25.1. The quantitative estimate of drug-likeness (QED) is 0.213. The Labute approximate surface area is 247 Å². The summed E-state index contributed by atoms with van der Waals surface area (Å²) in [4.78, 5) is 38.7. The summed E-state index contributed by atoms with van der Waals surface area (Å²) in [6.07, 6.45) is 1.78. The van der Waals surface area contributed by atoms with Crippen LogP contribution >= 0.6 is 0 Å². The molecule has 1 aliphatic rings. The van der Waals surface area contributed by atoms with Crippen molar-refractivity contribution in [3.05, 3.63) is 57.6 Å². The molecule has 42 heavy (non-hydrogen) atoms. The molecule has 10 heteroatoms. The van der Waals surface area contributed by atoms with Crippen LogP contribution in [0.25, 0.3) is 0 Å². The van der Waals surface area contributed by atoms with E-state index in [0.717, 1.165) is 16.7 Å². The summed E-state index contributed by atoms with van der Waals surface area (Å²) in [6, 6.07) is 9.17. The molecule has 2 aromatic carbocycles. The van der Waals surface area contributed by atoms with E-state index in [4.69, 9.17) is 20.0 Å². The molecule has 3 rings (SSSR count). The second kappa shape index (κ2) is 14.0. The number of amides is 1. The SMILES string of the molecule is CCOc1cc2c(cc1C(=O)NC)C(=N)N(CC(=O)c1cc(CCC#N)c(OCCCCC(=O)O)c(C(C)(C)C)c1)C2. The maximum atomic E-state index is 13.7. The summed E-state index contributed by atoms with van der Waals surface area (Å²) in [5.41, 5.74) is 3.40. The van der Waals surface area contributed by atoms with Gasteiger partial charge in [0.25, 0.3) is 5.91 Å². The van der Waals surface area contributed by atoms with Gasteiger partial charge in [0.1, 0.15) is 17.3 Å². The number of benzene rings is 2. The van der Waals surface area contributed by atoms with Crippen molar-refractivity contribution in [2.45, 2.75) is 71.8 Å². The number of aryl methyl sites for hydroxylation is 1. The lowest BCUT2D eigenvalue weighted by atomic mass is 9.83. The normalized spacial score (nSPS) is 12.5. The molecule has 0 radical (unpaired) electrons. The summed E-state index contributed by atoms with van der Waals surface area (Å²) in [7, 11) is 1.54. The summed E-state index contributed by atoms with van der Waals surface area (Å²) in [5, 5.41) is 29.6. The number of Topliss-reactive ketones (excluding diaryl/α,β-unsaturated/α-hetero) is 1. The maximum absolute atomic E-state index is 13.7. The van der Waals surface area contributed by atoms with E-state index in [1.165, 1.54) is 7.05 Å². The van der Waals surface area contributed by atoms with Crippen LogP contribution in [0.4, 0.5) is 0 Å². The van der Waals surface area contributed by atoms with Gasteiger partial charge in [-0.1, -0.05) is 20.8 Å². The number of ether oxygens (including phenoxy) is 2. The number of ketones is 1. The highest BCUT2D eigenvalue weighted by Gasteiger charge is 2.30. The Bertz CT molecular complexity index is 1400. The zero-order chi connectivity index (χ0) is 31.0. The van der Waals surface area contributed by atoms with Gasteiger partial charge in [0.2, 0.25) is 0 Å². The largest absolute Gasteiger partial charge is 0.493 e. The lowest BCUT2D eigenvalue weighted by Gasteiger charge is -2.26. The molecule has 0 aromatic heterocycles. The number of aliphatic carboxylic acids is 1. The standard InChI is InChI=1S/C32H40N4O6/c1-6-41-27-16-22-18-36(30(34)23(22)17-24(27)31(40)35-5)19-26(37)21-14-20(10-9-12-33)29(25(15-21)32(2,3)4)42-13-8-7-11-28(38)39/h14-17,34H,6-11,13,18-19H2,1-5H3,(H,35,40)(H,38,39). The van der Waals surface area contributed by atoms with Crippen molar-refractivity contribution in [2.24, 2.45) is 0 Å². The molecule has 0 fully saturated rings. The highest BCUT2D eigenvalue weighted by atomic mass is 16.5. The molecule has 224 valence electrons. The second-order valence-electron chi connectivity index (χ2n) is 11.3. The molecule has 1 aliphatic heterocycles. The molecule has 0 saturated heterocycles. The van der Waals surface area contributed by atoms with Gasteiger partial charge in [-0.05, 0) is 67.0 Å². The van der Waals surface area contributed by atoms with Gasteiger partial charge in [0, 0.05) is 43.1 Å². The number of nitriles is 1. The molecule has 0 saturated carbocycles. The van der Waals surface area contributed by atoms with E-state index in [9.17, 15) is 19.6 Å². The number of carboxylic acid groups (broad SMARTS) is 1. The third-order valence-electron chi connectivity index (χ3n) is 7.08. The Balaban J connectivity index is 1.90. The van der Waals surface area contributed by atoms with Crippen molar-refractivity contribution in [3.63, 3.8) is 0 Å². The summed E-state index contributed by atoms with van der Waals surface area (Å²) in [5.74, 6) is -0.108. The number of carboxylic acids is 1. The minimum atomic E-state index is -0.848. The smallest absolute Gasteiger partial charge is 0.303 e. The number of carbonyl (C=O) groups excluding carboxylic acids is 2. The Hall–Kier alpha value is -4.39. The van der Waals surface area contributed by atoms with Gasteiger partial charge in [0.05, 0.1) is 31.4 Å². The fourth-order valence-electron chi connectivity index (χ4n) is 4.92. The number of amidine groups is 1. The molecule has 0 aliphatic carbocycles. The van der Waals surface area contributed by atoms with Crippen LogP contribution < -0.4 is 14.8 Å². The maximum Gasteiger partial charge on any atom is 0.303 e. The lowest BCUT2D eigenvalue weighted by Crippen LogP contribution is -2.30. The predicted octanol–water partition coefficient (Wildman–Crippen LogP) is 4.86. The monoisotopic (exact) mass is 576 g/mol. The molecule has 1 amide bonds. The van der Waals surface area contributed by atoms with Crippen LogP contribution in [0, 0.1) is 16.7 Å². The first kappa shape index (κ1) is 32.1. The number of rotatable bonds is 14. The Morgan fingerprint density at radius 1 is 1.14 bits per heavy atom. The minimum absolute atomic E-state index is 0.0382. The van der Waals surface area contributed by atoms with Gasteiger partial charge in [0.15, 0.2) is 5.78 Å². The molecule has 0 spiro atoms. The number of hydrogen-bond acceptors (Lipinski definition) is 7. The average Bonchev–Trinajstić information content (AvgIpc) is 3.23. The van der Waals surface area contributed by atoms with Crippen LogP contribution in [-0.2, 0) is 23.2 Å². The molecule has 3 N–H and O–H groups in total. The third-order valence-corrected chi connectivity index (χ3v) is 7.08. The summed E-state index contributed by atoms with van der Waals surface area (Å²) >= 11 is 0. The van der Waals surface area contributed by atoms with E-state index in [1.807, 2.05) is 33.8 Å². The van der Waals surface area contributed by atoms with Gasteiger partial charge >= 0.3 is 5.97 Å². The molecule has 0 unspecified atom stereocenters. The fraction of sp³-hybridized carbons (Fsp3) is 0.469. The number of unbranched alkanes of at least 4 members (excludes halogenated alkanes) is 1. The van der Waals surface area contributed by atoms with Gasteiger partial charge in [-0.25, -0.2) is 0 Å². The molecular weight excluding hydrogens is 536 g/mol. The Morgan fingerprint density at radius 3 is 2.50 bits per heavy atom. The number of nitrogens with zero attached hydrogens (tertiary/aromatic N) is 2. The first-order valence-corrected chi connectivity index (χ1v) is 14.2. The number of carbonyl (C=O) groups is 3. The first-order valence-electron chi connectivity index (χ1n) is 14.2. The van der Waals surface area contributed by atoms with Crippen molar-refractivity contribution < 1.29 is 29.0 Å². The average molecular weight is 577 g/mol. The molecule has 2 aromatic rings. The van der Waals surface area contributed by atoms with Crippen LogP contribution in [0.5, 0.6) is 11.5 Å². The van der Waals surface area contributed by atoms with Gasteiger partial charge in [-0.2, -0.15) is 5.26 Å². The van der Waals surface area contributed by atoms with Crippen molar-refractivity contribution in [1.29, 1.82) is 10.7 Å². The zero-order valence-electron chi connectivity index (χ0n) is 25.1. The van der Waals surface area contributed by atoms with Crippen LogP contribution in [-0.4, -0.2) is 60.3 Å². The van der Waals surface area contributed by atoms with Crippen LogP contribution in [0.15, 0.2) is 24.3 Å². The van der Waals surface area contributed by atoms with Gasteiger partial charge < -0.3 is 24.8 Å². The Kier molecular flexibility index (Phi) is 10.7. The number of fused-ring (bicyclic) bond motifs is 1. The van der Waals surface area contributed by atoms with Gasteiger partial charge in [-0.3, -0.25) is 19.8 Å². The van der Waals surface area contributed by atoms with E-state index in [1.54, 1.807) is 23.1 Å². The van der Waals surface area contributed by atoms with E-state index in [-0.39, 0.29) is 42.3 Å². The first-order chi connectivity index (χ1) is 19.9. The molecule has 1 heterocycles. The van der Waals surface area contributed by atoms with Crippen molar-refractivity contribution in [2.75, 3.05) is 26.8 Å². The number of nitrogens with one attached hydrogen (secondary N) is 2. The summed E-state index contributed by atoms with van der Waals surface area (Å²) in [6.45, 7) is 8.91. The number of hydrogen-bond donors (Lipinski definition) is 3. The predicted molar refractivity (Wildman–Crippen MR) is 159 cm³/mol. The minimum Gasteiger partial charge on any atom is -0.493 e. The molecular formula is C32H40N4O6. The lowest BCUT2D eigenvalue weighted by molar-refractivity contribution is -0.137. The summed E-state index contributed by atoms with van der Waals surface area (Å²) < 4.78 is 11.9. The van der Waals surface area contributed by atoms with E-state index >= 15 is 0 Å².